The van der Waals surface area contributed by atoms with E-state index in [-0.39, 0.29) is 12.5 Å². The molecule has 2 heterocycles. The van der Waals surface area contributed by atoms with E-state index >= 15 is 0 Å². The lowest BCUT2D eigenvalue weighted by Crippen LogP contribution is -2.40. The lowest BCUT2D eigenvalue weighted by atomic mass is 9.99. The van der Waals surface area contributed by atoms with Crippen LogP contribution >= 0.6 is 11.3 Å². The fraction of sp³-hybridized carbons (Fsp3) is 0.421. The first-order valence-electron chi connectivity index (χ1n) is 8.82. The number of nitrogens with zero attached hydrogens (tertiary/aromatic N) is 3. The van der Waals surface area contributed by atoms with E-state index in [1.54, 1.807) is 6.21 Å². The van der Waals surface area contributed by atoms with Gasteiger partial charge in [-0.3, -0.25) is 10.2 Å². The molecule has 6 nitrogen and oxygen atoms in total. The number of likely N-dealkylation sites (tertiary alicyclic amines) is 1. The number of hydrogen-bond donors (Lipinski definition) is 1. The Morgan fingerprint density at radius 2 is 2.19 bits per heavy atom. The molecule has 3 rings (SSSR count). The normalized spacial score (nSPS) is 15.4. The second-order valence-electron chi connectivity index (χ2n) is 6.55. The summed E-state index contributed by atoms with van der Waals surface area (Å²) in [6.07, 6.45) is 3.81. The number of hydrogen-bond acceptors (Lipinski definition) is 6. The first kappa shape index (κ1) is 18.4. The summed E-state index contributed by atoms with van der Waals surface area (Å²) in [5.74, 6) is 1.39. The van der Waals surface area contributed by atoms with E-state index in [1.807, 2.05) is 41.5 Å². The van der Waals surface area contributed by atoms with Crippen LogP contribution in [0.2, 0.25) is 0 Å². The van der Waals surface area contributed by atoms with Crippen LogP contribution in [0.15, 0.2) is 34.7 Å². The second kappa shape index (κ2) is 8.80. The van der Waals surface area contributed by atoms with E-state index < -0.39 is 0 Å². The molecule has 2 aromatic rings. The van der Waals surface area contributed by atoms with E-state index in [9.17, 15) is 4.79 Å². The fourth-order valence-electron chi connectivity index (χ4n) is 2.77. The zero-order valence-corrected chi connectivity index (χ0v) is 16.0. The molecule has 0 atom stereocenters. The zero-order chi connectivity index (χ0) is 18.4. The lowest BCUT2D eigenvalue weighted by Gasteiger charge is -2.30. The summed E-state index contributed by atoms with van der Waals surface area (Å²) in [7, 11) is 0. The molecule has 1 aromatic carbocycles. The molecule has 1 aromatic heterocycles. The first-order valence-corrected chi connectivity index (χ1v) is 9.70. The average molecular weight is 372 g/mol. The Balaban J connectivity index is 1.55. The highest BCUT2D eigenvalue weighted by Crippen LogP contribution is 2.19. The minimum atomic E-state index is 0.0417. The van der Waals surface area contributed by atoms with Gasteiger partial charge in [-0.1, -0.05) is 19.1 Å². The van der Waals surface area contributed by atoms with Crippen LogP contribution < -0.4 is 10.2 Å². The predicted octanol–water partition coefficient (Wildman–Crippen LogP) is 3.53. The number of piperidine rings is 1. The van der Waals surface area contributed by atoms with E-state index in [4.69, 9.17) is 4.74 Å². The monoisotopic (exact) mass is 372 g/mol. The molecular weight excluding hydrogens is 348 g/mol. The molecule has 0 spiro atoms. The van der Waals surface area contributed by atoms with Crippen molar-refractivity contribution in [3.05, 3.63) is 40.9 Å². The maximum atomic E-state index is 12.3. The number of rotatable bonds is 6. The van der Waals surface area contributed by atoms with Gasteiger partial charge in [-0.15, -0.1) is 11.3 Å². The number of aromatic nitrogens is 1. The van der Waals surface area contributed by atoms with Crippen LogP contribution in [0.25, 0.3) is 0 Å². The fourth-order valence-corrected chi connectivity index (χ4v) is 3.41. The summed E-state index contributed by atoms with van der Waals surface area (Å²) in [5, 5.41) is 6.91. The number of carbonyl (C=O) groups is 1. The van der Waals surface area contributed by atoms with Crippen molar-refractivity contribution in [3.8, 4) is 5.75 Å². The molecule has 0 bridgehead atoms. The van der Waals surface area contributed by atoms with Gasteiger partial charge in [0.05, 0.1) is 11.9 Å². The highest BCUT2D eigenvalue weighted by Gasteiger charge is 2.20. The molecule has 0 radical (unpaired) electrons. The van der Waals surface area contributed by atoms with Crippen molar-refractivity contribution >= 4 is 28.6 Å². The highest BCUT2D eigenvalue weighted by atomic mass is 32.1. The maximum Gasteiger partial charge on any atom is 0.260 e. The Morgan fingerprint density at radius 3 is 2.92 bits per heavy atom. The summed E-state index contributed by atoms with van der Waals surface area (Å²) >= 11 is 1.50. The van der Waals surface area contributed by atoms with Gasteiger partial charge in [0.15, 0.2) is 6.61 Å². The number of para-hydroxylation sites is 1. The van der Waals surface area contributed by atoms with E-state index in [2.05, 4.69) is 22.4 Å². The van der Waals surface area contributed by atoms with Crippen LogP contribution in [0.3, 0.4) is 0 Å². The van der Waals surface area contributed by atoms with Crippen LogP contribution in [0.1, 0.15) is 31.0 Å². The second-order valence-corrected chi connectivity index (χ2v) is 7.41. The van der Waals surface area contributed by atoms with Gasteiger partial charge in [0.1, 0.15) is 5.75 Å². The summed E-state index contributed by atoms with van der Waals surface area (Å²) in [6.45, 7) is 5.87. The summed E-state index contributed by atoms with van der Waals surface area (Å²) in [4.78, 5) is 18.5. The van der Waals surface area contributed by atoms with Crippen molar-refractivity contribution in [2.75, 3.05) is 25.1 Å². The summed E-state index contributed by atoms with van der Waals surface area (Å²) in [5.41, 5.74) is 4.68. The third-order valence-electron chi connectivity index (χ3n) is 4.39. The first-order chi connectivity index (χ1) is 12.6. The van der Waals surface area contributed by atoms with Gasteiger partial charge in [0, 0.05) is 24.0 Å². The van der Waals surface area contributed by atoms with E-state index in [0.717, 1.165) is 42.3 Å². The zero-order valence-electron chi connectivity index (χ0n) is 15.1. The maximum absolute atomic E-state index is 12.3. The summed E-state index contributed by atoms with van der Waals surface area (Å²) < 4.78 is 5.76. The van der Waals surface area contributed by atoms with Crippen molar-refractivity contribution in [1.29, 1.82) is 0 Å². The number of nitrogens with one attached hydrogen (secondary N) is 1. The molecule has 1 N–H and O–H groups in total. The van der Waals surface area contributed by atoms with Gasteiger partial charge in [0.25, 0.3) is 5.91 Å². The molecule has 26 heavy (non-hydrogen) atoms. The Kier molecular flexibility index (Phi) is 6.22. The number of hydrazone groups is 1. The largest absolute Gasteiger partial charge is 0.483 e. The van der Waals surface area contributed by atoms with Gasteiger partial charge in [0.2, 0.25) is 5.13 Å². The molecule has 1 fully saturated rings. The number of amides is 1. The Labute approximate surface area is 157 Å². The third-order valence-corrected chi connectivity index (χ3v) is 5.25. The Morgan fingerprint density at radius 1 is 1.42 bits per heavy atom. The van der Waals surface area contributed by atoms with Crippen molar-refractivity contribution < 1.29 is 9.53 Å². The number of thiazole rings is 1. The van der Waals surface area contributed by atoms with Crippen molar-refractivity contribution in [2.24, 2.45) is 11.0 Å². The van der Waals surface area contributed by atoms with Gasteiger partial charge in [-0.05, 0) is 37.8 Å². The molecule has 1 aliphatic rings. The van der Waals surface area contributed by atoms with Gasteiger partial charge in [-0.2, -0.15) is 5.10 Å². The minimum absolute atomic E-state index is 0.0417. The number of ether oxygens (including phenoxy) is 1. The Bertz CT molecular complexity index is 766. The van der Waals surface area contributed by atoms with Crippen LogP contribution in [-0.4, -0.2) is 41.7 Å². The highest BCUT2D eigenvalue weighted by molar-refractivity contribution is 7.13. The van der Waals surface area contributed by atoms with Gasteiger partial charge < -0.3 is 9.64 Å². The third kappa shape index (κ3) is 5.05. The van der Waals surface area contributed by atoms with E-state index in [1.165, 1.54) is 11.3 Å². The molecule has 0 saturated carbocycles. The minimum Gasteiger partial charge on any atom is -0.483 e. The van der Waals surface area contributed by atoms with E-state index in [0.29, 0.717) is 11.7 Å². The Hall–Kier alpha value is -2.41. The number of aryl methyl sites for hydroxylation is 1. The summed E-state index contributed by atoms with van der Waals surface area (Å²) in [6, 6.07) is 7.55. The predicted molar refractivity (Wildman–Crippen MR) is 105 cm³/mol. The van der Waals surface area contributed by atoms with Crippen LogP contribution in [-0.2, 0) is 4.79 Å². The van der Waals surface area contributed by atoms with Gasteiger partial charge >= 0.3 is 0 Å². The van der Waals surface area contributed by atoms with Crippen LogP contribution in [0.5, 0.6) is 5.75 Å². The van der Waals surface area contributed by atoms with Crippen LogP contribution in [0, 0.1) is 12.8 Å². The molecule has 138 valence electrons. The smallest absolute Gasteiger partial charge is 0.260 e. The molecule has 1 amide bonds. The van der Waals surface area contributed by atoms with Crippen LogP contribution in [0.4, 0.5) is 5.13 Å². The quantitative estimate of drug-likeness (QED) is 0.622. The SMILES string of the molecule is Cc1csc(NN=Cc2ccccc2OCC(=O)N2CCC(C)CC2)n1. The molecule has 1 saturated heterocycles. The number of carbonyl (C=O) groups excluding carboxylic acids is 1. The van der Waals surface area contributed by atoms with Crippen molar-refractivity contribution in [2.45, 2.75) is 26.7 Å². The van der Waals surface area contributed by atoms with Crippen molar-refractivity contribution in [1.82, 2.24) is 9.88 Å². The number of benzene rings is 1. The topological polar surface area (TPSA) is 66.8 Å². The molecule has 1 aliphatic heterocycles. The average Bonchev–Trinajstić information content (AvgIpc) is 3.06. The molecule has 7 heteroatoms. The lowest BCUT2D eigenvalue weighted by molar-refractivity contribution is -0.134. The molecule has 0 unspecified atom stereocenters. The van der Waals surface area contributed by atoms with Crippen molar-refractivity contribution in [3.63, 3.8) is 0 Å². The molecule has 0 aliphatic carbocycles. The van der Waals surface area contributed by atoms with Gasteiger partial charge in [-0.25, -0.2) is 4.98 Å². The number of anilines is 1. The standard InChI is InChI=1S/C19H24N4O2S/c1-14-7-9-23(10-8-14)18(24)12-25-17-6-4-3-5-16(17)11-20-22-19-21-15(2)13-26-19/h3-6,11,13-14H,7-10,12H2,1-2H3,(H,21,22). The molecular formula is C19H24N4O2S.